The number of rotatable bonds is 3. The second-order valence-electron chi connectivity index (χ2n) is 5.90. The number of carbonyl (C=O) groups is 1. The van der Waals surface area contributed by atoms with E-state index in [4.69, 9.17) is 9.15 Å². The molecule has 0 aliphatic heterocycles. The van der Waals surface area contributed by atoms with E-state index < -0.39 is 12.1 Å². The zero-order valence-electron chi connectivity index (χ0n) is 13.6. The van der Waals surface area contributed by atoms with Crippen molar-refractivity contribution < 1.29 is 18.7 Å². The lowest BCUT2D eigenvalue weighted by atomic mass is 9.90. The summed E-state index contributed by atoms with van der Waals surface area (Å²) in [5.41, 5.74) is 2.92. The number of methoxy groups -OCH3 is 1. The summed E-state index contributed by atoms with van der Waals surface area (Å²) < 4.78 is 15.9. The molecular formula is C18H20O5. The molecular weight excluding hydrogens is 296 g/mol. The molecule has 2 aromatic rings. The summed E-state index contributed by atoms with van der Waals surface area (Å²) >= 11 is 0. The van der Waals surface area contributed by atoms with Crippen molar-refractivity contribution in [1.82, 2.24) is 0 Å². The molecule has 0 saturated carbocycles. The van der Waals surface area contributed by atoms with Gasteiger partial charge in [0.25, 0.3) is 0 Å². The highest BCUT2D eigenvalue weighted by Gasteiger charge is 2.21. The van der Waals surface area contributed by atoms with E-state index in [1.54, 1.807) is 6.92 Å². The first-order valence-corrected chi connectivity index (χ1v) is 7.85. The lowest BCUT2D eigenvalue weighted by molar-refractivity contribution is -0.147. The van der Waals surface area contributed by atoms with E-state index in [0.29, 0.717) is 11.3 Å². The van der Waals surface area contributed by atoms with Crippen LogP contribution < -0.4 is 10.4 Å². The van der Waals surface area contributed by atoms with Gasteiger partial charge in [0, 0.05) is 16.5 Å². The number of hydrogen-bond donors (Lipinski definition) is 0. The number of hydrogen-bond acceptors (Lipinski definition) is 5. The Hall–Kier alpha value is -2.30. The molecule has 1 aliphatic rings. The third kappa shape index (κ3) is 2.71. The summed E-state index contributed by atoms with van der Waals surface area (Å²) in [5, 5.41) is 0.967. The molecule has 1 heterocycles. The predicted octanol–water partition coefficient (Wildman–Crippen LogP) is 2.92. The van der Waals surface area contributed by atoms with Crippen LogP contribution in [0.15, 0.2) is 21.3 Å². The second-order valence-corrected chi connectivity index (χ2v) is 5.90. The summed E-state index contributed by atoms with van der Waals surface area (Å²) in [6.07, 6.45) is 3.07. The second kappa shape index (κ2) is 6.07. The van der Waals surface area contributed by atoms with Gasteiger partial charge in [0.15, 0.2) is 6.10 Å². The minimum Gasteiger partial charge on any atom is -0.479 e. The normalized spacial score (nSPS) is 15.1. The van der Waals surface area contributed by atoms with E-state index in [1.807, 2.05) is 19.1 Å². The maximum absolute atomic E-state index is 12.2. The number of aryl methyl sites for hydroxylation is 2. The van der Waals surface area contributed by atoms with Crippen LogP contribution in [0.3, 0.4) is 0 Å². The number of esters is 1. The van der Waals surface area contributed by atoms with Crippen LogP contribution in [0.5, 0.6) is 5.75 Å². The molecule has 1 aromatic carbocycles. The van der Waals surface area contributed by atoms with Gasteiger partial charge in [-0.3, -0.25) is 0 Å². The average Bonchev–Trinajstić information content (AvgIpc) is 2.57. The van der Waals surface area contributed by atoms with Crippen molar-refractivity contribution in [3.63, 3.8) is 0 Å². The molecule has 0 radical (unpaired) electrons. The van der Waals surface area contributed by atoms with Crippen molar-refractivity contribution in [3.8, 4) is 5.75 Å². The van der Waals surface area contributed by atoms with Gasteiger partial charge in [-0.1, -0.05) is 0 Å². The summed E-state index contributed by atoms with van der Waals surface area (Å²) in [4.78, 5) is 23.8. The van der Waals surface area contributed by atoms with Crippen LogP contribution in [0, 0.1) is 6.92 Å². The van der Waals surface area contributed by atoms with Gasteiger partial charge in [0.1, 0.15) is 11.3 Å². The summed E-state index contributed by atoms with van der Waals surface area (Å²) in [5.74, 6) is 0.0747. The Kier molecular flexibility index (Phi) is 4.11. The number of carbonyl (C=O) groups excluding carboxylic acids is 1. The van der Waals surface area contributed by atoms with E-state index in [0.717, 1.165) is 47.8 Å². The molecule has 0 N–H and O–H groups in total. The van der Waals surface area contributed by atoms with Crippen molar-refractivity contribution in [2.75, 3.05) is 7.11 Å². The Morgan fingerprint density at radius 3 is 2.61 bits per heavy atom. The molecule has 0 bridgehead atoms. The Morgan fingerprint density at radius 1 is 1.22 bits per heavy atom. The van der Waals surface area contributed by atoms with Gasteiger partial charge in [0.2, 0.25) is 0 Å². The van der Waals surface area contributed by atoms with Gasteiger partial charge in [-0.25, -0.2) is 9.59 Å². The Balaban J connectivity index is 2.09. The first-order chi connectivity index (χ1) is 11.0. The highest BCUT2D eigenvalue weighted by molar-refractivity contribution is 5.86. The molecule has 0 saturated heterocycles. The lowest BCUT2D eigenvalue weighted by Crippen LogP contribution is -2.25. The maximum atomic E-state index is 12.2. The number of ether oxygens (including phenoxy) is 2. The van der Waals surface area contributed by atoms with E-state index in [9.17, 15) is 9.59 Å². The smallest absolute Gasteiger partial charge is 0.346 e. The molecule has 0 fully saturated rings. The van der Waals surface area contributed by atoms with Crippen molar-refractivity contribution in [2.24, 2.45) is 0 Å². The van der Waals surface area contributed by atoms with Gasteiger partial charge >= 0.3 is 11.6 Å². The van der Waals surface area contributed by atoms with Crippen LogP contribution >= 0.6 is 0 Å². The molecule has 5 heteroatoms. The van der Waals surface area contributed by atoms with Gasteiger partial charge in [-0.05, 0) is 57.2 Å². The van der Waals surface area contributed by atoms with E-state index in [1.165, 1.54) is 7.11 Å². The fraction of sp³-hybridized carbons (Fsp3) is 0.444. The Labute approximate surface area is 134 Å². The van der Waals surface area contributed by atoms with E-state index >= 15 is 0 Å². The molecule has 1 aliphatic carbocycles. The SMILES string of the molecule is COC(=O)[C@@H](C)Oc1ccc2c3c(c(=O)oc2c1C)CCCC3. The van der Waals surface area contributed by atoms with Crippen LogP contribution in [0.2, 0.25) is 0 Å². The molecule has 0 spiro atoms. The van der Waals surface area contributed by atoms with Gasteiger partial charge in [-0.15, -0.1) is 0 Å². The van der Waals surface area contributed by atoms with Gasteiger partial charge < -0.3 is 13.9 Å². The summed E-state index contributed by atoms with van der Waals surface area (Å²) in [7, 11) is 1.32. The van der Waals surface area contributed by atoms with Crippen molar-refractivity contribution in [2.45, 2.75) is 45.6 Å². The summed E-state index contributed by atoms with van der Waals surface area (Å²) in [6, 6.07) is 3.74. The van der Waals surface area contributed by atoms with Crippen LogP contribution in [0.25, 0.3) is 11.0 Å². The standard InChI is InChI=1S/C18H20O5/c1-10-15(22-11(2)17(19)21-3)9-8-13-12-6-4-5-7-14(12)18(20)23-16(10)13/h8-9,11H,4-7H2,1-3H3/t11-/m1/s1. The Morgan fingerprint density at radius 2 is 1.91 bits per heavy atom. The van der Waals surface area contributed by atoms with E-state index in [2.05, 4.69) is 4.74 Å². The molecule has 1 atom stereocenters. The fourth-order valence-corrected chi connectivity index (χ4v) is 3.16. The highest BCUT2D eigenvalue weighted by Crippen LogP contribution is 2.32. The first kappa shape index (κ1) is 15.6. The average molecular weight is 316 g/mol. The highest BCUT2D eigenvalue weighted by atomic mass is 16.6. The van der Waals surface area contributed by atoms with Crippen molar-refractivity contribution in [1.29, 1.82) is 0 Å². The minimum absolute atomic E-state index is 0.256. The third-order valence-corrected chi connectivity index (χ3v) is 4.43. The molecule has 122 valence electrons. The maximum Gasteiger partial charge on any atom is 0.346 e. The van der Waals surface area contributed by atoms with Crippen LogP contribution in [-0.4, -0.2) is 19.2 Å². The lowest BCUT2D eigenvalue weighted by Gasteiger charge is -2.19. The zero-order chi connectivity index (χ0) is 16.6. The largest absolute Gasteiger partial charge is 0.479 e. The van der Waals surface area contributed by atoms with Gasteiger partial charge in [-0.2, -0.15) is 0 Å². The molecule has 1 aromatic heterocycles. The molecule has 0 unspecified atom stereocenters. The van der Waals surface area contributed by atoms with Crippen molar-refractivity contribution in [3.05, 3.63) is 39.2 Å². The van der Waals surface area contributed by atoms with Crippen LogP contribution in [-0.2, 0) is 22.4 Å². The fourth-order valence-electron chi connectivity index (χ4n) is 3.16. The van der Waals surface area contributed by atoms with Crippen LogP contribution in [0.1, 0.15) is 36.5 Å². The monoisotopic (exact) mass is 316 g/mol. The van der Waals surface area contributed by atoms with Crippen LogP contribution in [0.4, 0.5) is 0 Å². The molecule has 23 heavy (non-hydrogen) atoms. The molecule has 5 nitrogen and oxygen atoms in total. The Bertz CT molecular complexity index is 818. The zero-order valence-corrected chi connectivity index (χ0v) is 13.6. The predicted molar refractivity (Wildman–Crippen MR) is 86.0 cm³/mol. The molecule has 0 amide bonds. The molecule has 3 rings (SSSR count). The van der Waals surface area contributed by atoms with E-state index in [-0.39, 0.29) is 5.63 Å². The number of fused-ring (bicyclic) bond motifs is 3. The topological polar surface area (TPSA) is 65.7 Å². The van der Waals surface area contributed by atoms with Gasteiger partial charge in [0.05, 0.1) is 7.11 Å². The minimum atomic E-state index is -0.722. The quantitative estimate of drug-likeness (QED) is 0.643. The number of benzene rings is 1. The summed E-state index contributed by atoms with van der Waals surface area (Å²) in [6.45, 7) is 3.46. The third-order valence-electron chi connectivity index (χ3n) is 4.43. The first-order valence-electron chi connectivity index (χ1n) is 7.85. The van der Waals surface area contributed by atoms with Crippen molar-refractivity contribution >= 4 is 16.9 Å².